The zero-order chi connectivity index (χ0) is 19.8. The van der Waals surface area contributed by atoms with E-state index in [2.05, 4.69) is 26.1 Å². The number of carbonyl (C=O) groups excluding carboxylic acids is 2. The summed E-state index contributed by atoms with van der Waals surface area (Å²) in [6.07, 6.45) is 0.0303. The summed E-state index contributed by atoms with van der Waals surface area (Å²) in [4.78, 5) is 26.3. The van der Waals surface area contributed by atoms with Crippen LogP contribution in [0.25, 0.3) is 0 Å². The normalized spacial score (nSPS) is 17.3. The van der Waals surface area contributed by atoms with Gasteiger partial charge in [-0.15, -0.1) is 0 Å². The van der Waals surface area contributed by atoms with Crippen LogP contribution in [0.5, 0.6) is 0 Å². The summed E-state index contributed by atoms with van der Waals surface area (Å²) in [6, 6.07) is 10.8. The Labute approximate surface area is 157 Å². The van der Waals surface area contributed by atoms with Crippen LogP contribution in [-0.4, -0.2) is 18.4 Å². The van der Waals surface area contributed by atoms with Crippen LogP contribution in [-0.2, 0) is 15.0 Å². The summed E-state index contributed by atoms with van der Waals surface area (Å²) in [7, 11) is 0. The Balaban J connectivity index is 1.76. The van der Waals surface area contributed by atoms with Gasteiger partial charge < -0.3 is 10.2 Å². The topological polar surface area (TPSA) is 49.4 Å². The zero-order valence-corrected chi connectivity index (χ0v) is 15.6. The second-order valence-corrected chi connectivity index (χ2v) is 7.79. The molecule has 0 spiro atoms. The second kappa shape index (κ2) is 7.10. The van der Waals surface area contributed by atoms with Gasteiger partial charge in [-0.05, 0) is 29.2 Å². The van der Waals surface area contributed by atoms with Crippen LogP contribution < -0.4 is 10.2 Å². The third-order valence-corrected chi connectivity index (χ3v) is 4.70. The minimum atomic E-state index is -1.02. The van der Waals surface area contributed by atoms with Crippen molar-refractivity contribution in [2.24, 2.45) is 5.92 Å². The Bertz CT molecular complexity index is 890. The maximum atomic E-state index is 13.5. The maximum Gasteiger partial charge on any atom is 0.229 e. The molecule has 4 nitrogen and oxygen atoms in total. The van der Waals surface area contributed by atoms with E-state index in [0.29, 0.717) is 5.69 Å². The summed E-state index contributed by atoms with van der Waals surface area (Å²) >= 11 is 0. The van der Waals surface area contributed by atoms with E-state index >= 15 is 0 Å². The molecule has 3 rings (SSSR count). The first kappa shape index (κ1) is 19.0. The van der Waals surface area contributed by atoms with Crippen molar-refractivity contribution in [2.75, 3.05) is 16.8 Å². The Kier molecular flexibility index (Phi) is 5.00. The number of hydrogen-bond acceptors (Lipinski definition) is 2. The van der Waals surface area contributed by atoms with Gasteiger partial charge in [0.1, 0.15) is 0 Å². The maximum absolute atomic E-state index is 13.5. The molecule has 1 heterocycles. The summed E-state index contributed by atoms with van der Waals surface area (Å²) < 4.78 is 26.6. The van der Waals surface area contributed by atoms with E-state index in [1.54, 1.807) is 0 Å². The highest BCUT2D eigenvalue weighted by molar-refractivity contribution is 6.03. The molecule has 0 radical (unpaired) electrons. The van der Waals surface area contributed by atoms with Gasteiger partial charge in [0.05, 0.1) is 5.92 Å². The number of nitrogens with zero attached hydrogens (tertiary/aromatic N) is 1. The van der Waals surface area contributed by atoms with Crippen molar-refractivity contribution in [1.82, 2.24) is 0 Å². The molecule has 0 aromatic heterocycles. The van der Waals surface area contributed by atoms with Crippen LogP contribution in [0.2, 0.25) is 0 Å². The number of para-hydroxylation sites is 1. The summed E-state index contributed by atoms with van der Waals surface area (Å²) in [6.45, 7) is 6.30. The van der Waals surface area contributed by atoms with Gasteiger partial charge in [-0.3, -0.25) is 9.59 Å². The fraction of sp³-hybridized carbons (Fsp3) is 0.333. The van der Waals surface area contributed by atoms with Gasteiger partial charge in [0.2, 0.25) is 11.8 Å². The lowest BCUT2D eigenvalue weighted by molar-refractivity contribution is -0.122. The molecular weight excluding hydrogens is 350 g/mol. The lowest BCUT2D eigenvalue weighted by Crippen LogP contribution is -2.29. The van der Waals surface area contributed by atoms with E-state index in [1.165, 1.54) is 11.0 Å². The number of nitrogens with one attached hydrogen (secondary N) is 1. The van der Waals surface area contributed by atoms with Gasteiger partial charge in [0.15, 0.2) is 11.6 Å². The van der Waals surface area contributed by atoms with Crippen LogP contribution in [0.1, 0.15) is 32.8 Å². The molecule has 0 saturated carbocycles. The van der Waals surface area contributed by atoms with Crippen molar-refractivity contribution in [3.05, 3.63) is 59.7 Å². The van der Waals surface area contributed by atoms with E-state index < -0.39 is 17.6 Å². The fourth-order valence-corrected chi connectivity index (χ4v) is 3.27. The number of amides is 2. The molecule has 1 unspecified atom stereocenters. The van der Waals surface area contributed by atoms with Crippen LogP contribution in [0.15, 0.2) is 42.5 Å². The quantitative estimate of drug-likeness (QED) is 0.875. The minimum absolute atomic E-state index is 0.0303. The third-order valence-electron chi connectivity index (χ3n) is 4.70. The smallest absolute Gasteiger partial charge is 0.229 e. The number of anilines is 2. The van der Waals surface area contributed by atoms with Crippen LogP contribution in [0, 0.1) is 17.6 Å². The molecular formula is C21H22F2N2O2. The Hall–Kier alpha value is -2.76. The van der Waals surface area contributed by atoms with Crippen molar-refractivity contribution in [3.8, 4) is 0 Å². The second-order valence-electron chi connectivity index (χ2n) is 7.79. The molecule has 142 valence electrons. The standard InChI is InChI=1S/C21H22F2N2O2/c1-21(2,3)15-6-4-5-7-18(15)24-20(27)13-10-19(26)25(12-13)14-8-9-16(22)17(23)11-14/h4-9,11,13H,10,12H2,1-3H3,(H,24,27). The fourth-order valence-electron chi connectivity index (χ4n) is 3.27. The minimum Gasteiger partial charge on any atom is -0.326 e. The average molecular weight is 372 g/mol. The van der Waals surface area contributed by atoms with Gasteiger partial charge in [0.25, 0.3) is 0 Å². The SMILES string of the molecule is CC(C)(C)c1ccccc1NC(=O)C1CC(=O)N(c2ccc(F)c(F)c2)C1. The molecule has 1 fully saturated rings. The van der Waals surface area contributed by atoms with E-state index in [1.807, 2.05) is 24.3 Å². The highest BCUT2D eigenvalue weighted by atomic mass is 19.2. The third kappa shape index (κ3) is 3.99. The Morgan fingerprint density at radius 1 is 1.11 bits per heavy atom. The average Bonchev–Trinajstić information content (AvgIpc) is 2.99. The van der Waals surface area contributed by atoms with E-state index in [0.717, 1.165) is 17.7 Å². The predicted molar refractivity (Wildman–Crippen MR) is 101 cm³/mol. The number of benzene rings is 2. The molecule has 1 atom stereocenters. The van der Waals surface area contributed by atoms with Gasteiger partial charge >= 0.3 is 0 Å². The van der Waals surface area contributed by atoms with Gasteiger partial charge in [-0.2, -0.15) is 0 Å². The van der Waals surface area contributed by atoms with Crippen LogP contribution in [0.4, 0.5) is 20.2 Å². The van der Waals surface area contributed by atoms with Crippen molar-refractivity contribution in [2.45, 2.75) is 32.6 Å². The van der Waals surface area contributed by atoms with Crippen molar-refractivity contribution < 1.29 is 18.4 Å². The first-order valence-electron chi connectivity index (χ1n) is 8.82. The van der Waals surface area contributed by atoms with Crippen molar-refractivity contribution >= 4 is 23.2 Å². The molecule has 27 heavy (non-hydrogen) atoms. The molecule has 1 aliphatic rings. The number of rotatable bonds is 3. The van der Waals surface area contributed by atoms with Crippen LogP contribution in [0.3, 0.4) is 0 Å². The van der Waals surface area contributed by atoms with E-state index in [-0.39, 0.29) is 35.9 Å². The van der Waals surface area contributed by atoms with Gasteiger partial charge in [-0.25, -0.2) is 8.78 Å². The summed E-state index contributed by atoms with van der Waals surface area (Å²) in [5, 5.41) is 2.92. The highest BCUT2D eigenvalue weighted by Crippen LogP contribution is 2.31. The van der Waals surface area contributed by atoms with Crippen LogP contribution >= 0.6 is 0 Å². The molecule has 1 N–H and O–H groups in total. The van der Waals surface area contributed by atoms with Crippen molar-refractivity contribution in [3.63, 3.8) is 0 Å². The molecule has 2 aromatic rings. The van der Waals surface area contributed by atoms with Gasteiger partial charge in [0, 0.05) is 30.4 Å². The van der Waals surface area contributed by atoms with Gasteiger partial charge in [-0.1, -0.05) is 39.0 Å². The largest absolute Gasteiger partial charge is 0.326 e. The number of halogens is 2. The molecule has 2 amide bonds. The first-order valence-corrected chi connectivity index (χ1v) is 8.82. The first-order chi connectivity index (χ1) is 12.7. The molecule has 6 heteroatoms. The van der Waals surface area contributed by atoms with E-state index in [4.69, 9.17) is 0 Å². The number of hydrogen-bond donors (Lipinski definition) is 1. The molecule has 0 bridgehead atoms. The molecule has 0 aliphatic carbocycles. The summed E-state index contributed by atoms with van der Waals surface area (Å²) in [5.74, 6) is -3.10. The lowest BCUT2D eigenvalue weighted by atomic mass is 9.85. The molecule has 2 aromatic carbocycles. The van der Waals surface area contributed by atoms with Crippen molar-refractivity contribution in [1.29, 1.82) is 0 Å². The monoisotopic (exact) mass is 372 g/mol. The Morgan fingerprint density at radius 3 is 2.48 bits per heavy atom. The van der Waals surface area contributed by atoms with E-state index in [9.17, 15) is 18.4 Å². The Morgan fingerprint density at radius 2 is 1.81 bits per heavy atom. The lowest BCUT2D eigenvalue weighted by Gasteiger charge is -2.23. The summed E-state index contributed by atoms with van der Waals surface area (Å²) in [5.41, 5.74) is 1.82. The predicted octanol–water partition coefficient (Wildman–Crippen LogP) is 4.25. The molecule has 1 aliphatic heterocycles. The number of carbonyl (C=O) groups is 2. The zero-order valence-electron chi connectivity index (χ0n) is 15.6. The highest BCUT2D eigenvalue weighted by Gasteiger charge is 2.36. The molecule has 1 saturated heterocycles.